The minimum Gasteiger partial charge on any atom is -0.497 e. The Morgan fingerprint density at radius 3 is 2.08 bits per heavy atom. The summed E-state index contributed by atoms with van der Waals surface area (Å²) in [4.78, 5) is 27.6. The van der Waals surface area contributed by atoms with E-state index in [4.69, 9.17) is 27.9 Å². The second-order valence-electron chi connectivity index (χ2n) is 8.03. The number of ether oxygens (including phenoxy) is 1. The van der Waals surface area contributed by atoms with Gasteiger partial charge in [0.15, 0.2) is 0 Å². The zero-order chi connectivity index (χ0) is 27.2. The lowest BCUT2D eigenvalue weighted by Crippen LogP contribution is -2.50. The Morgan fingerprint density at radius 1 is 0.946 bits per heavy atom. The molecule has 196 valence electrons. The van der Waals surface area contributed by atoms with E-state index in [1.54, 1.807) is 67.6 Å². The summed E-state index contributed by atoms with van der Waals surface area (Å²) in [5.74, 6) is -0.531. The molecule has 0 aliphatic rings. The number of carbonyl (C=O) groups excluding carboxylic acids is 2. The second-order valence-corrected chi connectivity index (χ2v) is 10.7. The van der Waals surface area contributed by atoms with E-state index in [0.717, 1.165) is 4.31 Å². The average molecular weight is 564 g/mol. The van der Waals surface area contributed by atoms with Crippen molar-refractivity contribution in [3.63, 3.8) is 0 Å². The molecule has 1 atom stereocenters. The van der Waals surface area contributed by atoms with E-state index in [2.05, 4.69) is 5.32 Å². The lowest BCUT2D eigenvalue weighted by atomic mass is 10.1. The Hall–Kier alpha value is -3.27. The molecule has 0 aliphatic carbocycles. The maximum absolute atomic E-state index is 13.7. The number of hydrogen-bond donors (Lipinski definition) is 1. The topological polar surface area (TPSA) is 96.0 Å². The fourth-order valence-electron chi connectivity index (χ4n) is 3.64. The van der Waals surface area contributed by atoms with Crippen LogP contribution in [-0.2, 0) is 26.2 Å². The molecule has 3 rings (SSSR count). The van der Waals surface area contributed by atoms with Crippen LogP contribution in [0.3, 0.4) is 0 Å². The van der Waals surface area contributed by atoms with Crippen molar-refractivity contribution in [2.24, 2.45) is 0 Å². The quantitative estimate of drug-likeness (QED) is 0.395. The molecule has 37 heavy (non-hydrogen) atoms. The van der Waals surface area contributed by atoms with Gasteiger partial charge in [0.05, 0.1) is 17.7 Å². The molecule has 0 heterocycles. The summed E-state index contributed by atoms with van der Waals surface area (Å²) in [7, 11) is -1.20. The van der Waals surface area contributed by atoms with Crippen molar-refractivity contribution in [2.45, 2.75) is 24.4 Å². The molecule has 1 unspecified atom stereocenters. The van der Waals surface area contributed by atoms with Gasteiger partial charge in [-0.05, 0) is 55.5 Å². The normalized spacial score (nSPS) is 11.9. The minimum atomic E-state index is -4.15. The van der Waals surface area contributed by atoms with Gasteiger partial charge in [-0.15, -0.1) is 0 Å². The highest BCUT2D eigenvalue weighted by atomic mass is 35.5. The van der Waals surface area contributed by atoms with E-state index in [1.165, 1.54) is 31.2 Å². The molecule has 0 aliphatic heterocycles. The van der Waals surface area contributed by atoms with Gasteiger partial charge < -0.3 is 15.0 Å². The van der Waals surface area contributed by atoms with Crippen LogP contribution >= 0.6 is 23.2 Å². The Morgan fingerprint density at radius 2 is 1.54 bits per heavy atom. The molecule has 0 saturated carbocycles. The summed E-state index contributed by atoms with van der Waals surface area (Å²) >= 11 is 12.7. The zero-order valence-electron chi connectivity index (χ0n) is 20.5. The number of amides is 2. The third kappa shape index (κ3) is 6.54. The molecule has 3 aromatic rings. The number of carbonyl (C=O) groups is 2. The van der Waals surface area contributed by atoms with Crippen LogP contribution in [0, 0.1) is 0 Å². The van der Waals surface area contributed by atoms with Gasteiger partial charge in [-0.2, -0.15) is 0 Å². The summed E-state index contributed by atoms with van der Waals surface area (Å²) < 4.78 is 33.5. The third-order valence-electron chi connectivity index (χ3n) is 5.77. The molecule has 3 aromatic carbocycles. The predicted octanol–water partition coefficient (Wildman–Crippen LogP) is 4.36. The van der Waals surface area contributed by atoms with Crippen molar-refractivity contribution in [1.29, 1.82) is 0 Å². The lowest BCUT2D eigenvalue weighted by molar-refractivity contribution is -0.139. The van der Waals surface area contributed by atoms with Crippen molar-refractivity contribution in [2.75, 3.05) is 25.0 Å². The molecule has 0 aromatic heterocycles. The summed E-state index contributed by atoms with van der Waals surface area (Å²) in [6.45, 7) is 0.867. The van der Waals surface area contributed by atoms with Crippen LogP contribution in [0.25, 0.3) is 0 Å². The van der Waals surface area contributed by atoms with Gasteiger partial charge >= 0.3 is 0 Å². The van der Waals surface area contributed by atoms with E-state index in [1.807, 2.05) is 0 Å². The van der Waals surface area contributed by atoms with Crippen molar-refractivity contribution in [3.8, 4) is 5.75 Å². The van der Waals surface area contributed by atoms with Crippen molar-refractivity contribution < 1.29 is 22.7 Å². The van der Waals surface area contributed by atoms with Gasteiger partial charge in [0.1, 0.15) is 18.3 Å². The largest absolute Gasteiger partial charge is 0.497 e. The number of nitrogens with one attached hydrogen (secondary N) is 1. The Bertz CT molecular complexity index is 1330. The molecule has 0 bridgehead atoms. The number of nitrogens with zero attached hydrogens (tertiary/aromatic N) is 2. The maximum atomic E-state index is 13.7. The molecule has 11 heteroatoms. The SMILES string of the molecule is CNC(=O)C(C)N(Cc1c(Cl)cccc1Cl)C(=O)CN(c1ccc(OC)cc1)S(=O)(=O)c1ccccc1. The molecule has 0 fully saturated rings. The van der Waals surface area contributed by atoms with Gasteiger partial charge in [0, 0.05) is 29.2 Å². The smallest absolute Gasteiger partial charge is 0.264 e. The fourth-order valence-corrected chi connectivity index (χ4v) is 5.59. The summed E-state index contributed by atoms with van der Waals surface area (Å²) in [6, 6.07) is 18.1. The van der Waals surface area contributed by atoms with E-state index in [0.29, 0.717) is 21.4 Å². The summed E-state index contributed by atoms with van der Waals surface area (Å²) in [5, 5.41) is 3.16. The van der Waals surface area contributed by atoms with Gasteiger partial charge in [-0.3, -0.25) is 13.9 Å². The highest BCUT2D eigenvalue weighted by Crippen LogP contribution is 2.29. The van der Waals surface area contributed by atoms with Crippen LogP contribution in [0.4, 0.5) is 5.69 Å². The minimum absolute atomic E-state index is 0.0127. The van der Waals surface area contributed by atoms with Gasteiger partial charge in [-0.1, -0.05) is 47.5 Å². The first-order chi connectivity index (χ1) is 17.6. The van der Waals surface area contributed by atoms with Crippen LogP contribution in [0.2, 0.25) is 10.0 Å². The molecule has 1 N–H and O–H groups in total. The molecule has 8 nitrogen and oxygen atoms in total. The van der Waals surface area contributed by atoms with Crippen LogP contribution in [-0.4, -0.2) is 51.9 Å². The van der Waals surface area contributed by atoms with Crippen molar-refractivity contribution in [1.82, 2.24) is 10.2 Å². The summed E-state index contributed by atoms with van der Waals surface area (Å²) in [5.41, 5.74) is 0.693. The Labute approximate surface area is 226 Å². The third-order valence-corrected chi connectivity index (χ3v) is 8.27. The van der Waals surface area contributed by atoms with E-state index < -0.39 is 34.4 Å². The van der Waals surface area contributed by atoms with Crippen molar-refractivity contribution in [3.05, 3.63) is 88.4 Å². The zero-order valence-corrected chi connectivity index (χ0v) is 22.8. The highest BCUT2D eigenvalue weighted by molar-refractivity contribution is 7.92. The molecule has 0 radical (unpaired) electrons. The van der Waals surface area contributed by atoms with Crippen LogP contribution in [0.5, 0.6) is 5.75 Å². The first-order valence-electron chi connectivity index (χ1n) is 11.3. The molecular weight excluding hydrogens is 537 g/mol. The van der Waals surface area contributed by atoms with E-state index in [9.17, 15) is 18.0 Å². The number of benzene rings is 3. The Kier molecular flexibility index (Phi) is 9.42. The van der Waals surface area contributed by atoms with Gasteiger partial charge in [-0.25, -0.2) is 8.42 Å². The van der Waals surface area contributed by atoms with E-state index in [-0.39, 0.29) is 17.1 Å². The summed E-state index contributed by atoms with van der Waals surface area (Å²) in [6.07, 6.45) is 0. The number of likely N-dealkylation sites (N-methyl/N-ethyl adjacent to an activating group) is 1. The maximum Gasteiger partial charge on any atom is 0.264 e. The number of hydrogen-bond acceptors (Lipinski definition) is 5. The fraction of sp³-hybridized carbons (Fsp3) is 0.231. The van der Waals surface area contributed by atoms with Crippen LogP contribution in [0.15, 0.2) is 77.7 Å². The average Bonchev–Trinajstić information content (AvgIpc) is 2.91. The van der Waals surface area contributed by atoms with E-state index >= 15 is 0 Å². The molecule has 0 saturated heterocycles. The first-order valence-corrected chi connectivity index (χ1v) is 13.5. The molecule has 2 amide bonds. The number of halogens is 2. The van der Waals surface area contributed by atoms with Crippen LogP contribution in [0.1, 0.15) is 12.5 Å². The number of rotatable bonds is 10. The highest BCUT2D eigenvalue weighted by Gasteiger charge is 2.32. The standard InChI is InChI=1S/C26H27Cl2N3O5S/c1-18(26(33)29-2)30(16-22-23(27)10-7-11-24(22)28)25(32)17-31(19-12-14-20(36-3)15-13-19)37(34,35)21-8-5-4-6-9-21/h4-15,18H,16-17H2,1-3H3,(H,29,33). The first kappa shape index (κ1) is 28.3. The van der Waals surface area contributed by atoms with Crippen LogP contribution < -0.4 is 14.4 Å². The number of sulfonamides is 1. The molecular formula is C26H27Cl2N3O5S. The Balaban J connectivity index is 2.05. The molecule has 0 spiro atoms. The second kappa shape index (κ2) is 12.3. The van der Waals surface area contributed by atoms with Crippen molar-refractivity contribution >= 4 is 50.7 Å². The number of anilines is 1. The number of methoxy groups -OCH3 is 1. The predicted molar refractivity (Wildman–Crippen MR) is 145 cm³/mol. The lowest BCUT2D eigenvalue weighted by Gasteiger charge is -2.32. The van der Waals surface area contributed by atoms with Gasteiger partial charge in [0.25, 0.3) is 10.0 Å². The van der Waals surface area contributed by atoms with Gasteiger partial charge in [0.2, 0.25) is 11.8 Å². The monoisotopic (exact) mass is 563 g/mol.